The molecule has 0 bridgehead atoms. The average Bonchev–Trinajstić information content (AvgIpc) is 3.06. The number of fused-ring (bicyclic) bond motifs is 1. The maximum Gasteiger partial charge on any atom is 0.252 e. The summed E-state index contributed by atoms with van der Waals surface area (Å²) in [6.45, 7) is 0.350. The lowest BCUT2D eigenvalue weighted by Crippen LogP contribution is -2.64. The fraction of sp³-hybridized carbons (Fsp3) is 0.125. The monoisotopic (exact) mass is 325 g/mol. The number of carbonyl (C=O) groups is 2. The van der Waals surface area contributed by atoms with E-state index in [1.807, 2.05) is 0 Å². The largest absolute Gasteiger partial charge is 0.339 e. The van der Waals surface area contributed by atoms with Gasteiger partial charge in [-0.3, -0.25) is 9.59 Å². The Bertz CT molecular complexity index is 937. The lowest BCUT2D eigenvalue weighted by atomic mass is 10.1. The number of benzene rings is 2. The molecule has 8 heteroatoms. The van der Waals surface area contributed by atoms with E-state index in [2.05, 4.69) is 20.7 Å². The summed E-state index contributed by atoms with van der Waals surface area (Å²) in [5.74, 6) is -0.936. The van der Waals surface area contributed by atoms with Crippen molar-refractivity contribution in [2.45, 2.75) is 6.04 Å². The van der Waals surface area contributed by atoms with Crippen molar-refractivity contribution >= 4 is 28.5 Å². The number of amides is 2. The Balaban J connectivity index is 1.43. The molecule has 1 fully saturated rings. The first kappa shape index (κ1) is 14.3. The Kier molecular flexibility index (Phi) is 3.23. The Morgan fingerprint density at radius 2 is 1.92 bits per heavy atom. The molecule has 0 saturated carbocycles. The summed E-state index contributed by atoms with van der Waals surface area (Å²) in [5, 5.41) is 13.0. The van der Waals surface area contributed by atoms with Gasteiger partial charge in [-0.15, -0.1) is 0 Å². The molecule has 2 N–H and O–H groups in total. The van der Waals surface area contributed by atoms with Gasteiger partial charge in [0.05, 0.1) is 6.54 Å². The molecule has 120 valence electrons. The molecule has 2 amide bonds. The van der Waals surface area contributed by atoms with Crippen molar-refractivity contribution in [2.75, 3.05) is 11.4 Å². The van der Waals surface area contributed by atoms with E-state index in [0.717, 1.165) is 0 Å². The standard InChI is InChI=1S/C16H12FN5O2/c17-10-2-4-11(5-3-10)22-8-14(16(22)24)18-15(23)9-1-6-12-13(7-9)20-21-19-12/h1-7,14H,8H2,(H,18,23)(H,19,20,21). The first-order chi connectivity index (χ1) is 11.6. The van der Waals surface area contributed by atoms with Crippen LogP contribution in [-0.4, -0.2) is 39.8 Å². The van der Waals surface area contributed by atoms with Gasteiger partial charge >= 0.3 is 0 Å². The third kappa shape index (κ3) is 2.37. The van der Waals surface area contributed by atoms with Crippen LogP contribution in [0.3, 0.4) is 0 Å². The van der Waals surface area contributed by atoms with Crippen molar-refractivity contribution in [3.8, 4) is 0 Å². The van der Waals surface area contributed by atoms with Gasteiger partial charge in [0.25, 0.3) is 11.8 Å². The van der Waals surface area contributed by atoms with Crippen molar-refractivity contribution in [3.63, 3.8) is 0 Å². The molecule has 0 spiro atoms. The molecule has 0 radical (unpaired) electrons. The second kappa shape index (κ2) is 5.41. The fourth-order valence-corrected chi connectivity index (χ4v) is 2.61. The molecule has 24 heavy (non-hydrogen) atoms. The van der Waals surface area contributed by atoms with Crippen LogP contribution in [0, 0.1) is 5.82 Å². The van der Waals surface area contributed by atoms with E-state index in [9.17, 15) is 14.0 Å². The molecule has 7 nitrogen and oxygen atoms in total. The Hall–Kier alpha value is -3.29. The minimum Gasteiger partial charge on any atom is -0.339 e. The third-order valence-electron chi connectivity index (χ3n) is 3.95. The first-order valence-electron chi connectivity index (χ1n) is 7.30. The Labute approximate surface area is 135 Å². The van der Waals surface area contributed by atoms with Crippen LogP contribution in [0.2, 0.25) is 0 Å². The van der Waals surface area contributed by atoms with E-state index < -0.39 is 6.04 Å². The number of carbonyl (C=O) groups excluding carboxylic acids is 2. The summed E-state index contributed by atoms with van der Waals surface area (Å²) in [7, 11) is 0. The zero-order valence-electron chi connectivity index (χ0n) is 12.4. The third-order valence-corrected chi connectivity index (χ3v) is 3.95. The van der Waals surface area contributed by atoms with Crippen LogP contribution in [0.15, 0.2) is 42.5 Å². The quantitative estimate of drug-likeness (QED) is 0.709. The average molecular weight is 325 g/mol. The number of hydrogen-bond acceptors (Lipinski definition) is 4. The first-order valence-corrected chi connectivity index (χ1v) is 7.30. The highest BCUT2D eigenvalue weighted by atomic mass is 19.1. The number of hydrogen-bond donors (Lipinski definition) is 2. The maximum atomic E-state index is 12.9. The Morgan fingerprint density at radius 1 is 1.17 bits per heavy atom. The van der Waals surface area contributed by atoms with Crippen molar-refractivity contribution in [1.29, 1.82) is 0 Å². The zero-order valence-corrected chi connectivity index (χ0v) is 12.4. The molecule has 1 atom stereocenters. The van der Waals surface area contributed by atoms with Crippen molar-refractivity contribution in [3.05, 3.63) is 53.8 Å². The van der Waals surface area contributed by atoms with E-state index in [0.29, 0.717) is 28.8 Å². The highest BCUT2D eigenvalue weighted by Crippen LogP contribution is 2.22. The van der Waals surface area contributed by atoms with Crippen LogP contribution in [0.25, 0.3) is 11.0 Å². The second-order valence-corrected chi connectivity index (χ2v) is 5.48. The van der Waals surface area contributed by atoms with Crippen molar-refractivity contribution in [1.82, 2.24) is 20.7 Å². The molecule has 3 aromatic rings. The van der Waals surface area contributed by atoms with Crippen LogP contribution >= 0.6 is 0 Å². The van der Waals surface area contributed by atoms with Gasteiger partial charge in [-0.2, -0.15) is 15.4 Å². The number of β-lactam (4-membered cyclic amide) rings is 1. The topological polar surface area (TPSA) is 91.0 Å². The number of halogens is 1. The van der Waals surface area contributed by atoms with Crippen molar-refractivity contribution in [2.24, 2.45) is 0 Å². The van der Waals surface area contributed by atoms with Gasteiger partial charge in [-0.1, -0.05) is 0 Å². The highest BCUT2D eigenvalue weighted by Gasteiger charge is 2.38. The number of H-pyrrole nitrogens is 1. The summed E-state index contributed by atoms with van der Waals surface area (Å²) < 4.78 is 12.9. The summed E-state index contributed by atoms with van der Waals surface area (Å²) in [6, 6.07) is 9.98. The van der Waals surface area contributed by atoms with Gasteiger partial charge in [0, 0.05) is 11.3 Å². The van der Waals surface area contributed by atoms with Gasteiger partial charge in [0.15, 0.2) is 0 Å². The molecule has 1 aliphatic rings. The molecule has 1 aliphatic heterocycles. The summed E-state index contributed by atoms with van der Waals surface area (Å²) >= 11 is 0. The van der Waals surface area contributed by atoms with E-state index >= 15 is 0 Å². The van der Waals surface area contributed by atoms with Gasteiger partial charge in [0.2, 0.25) is 0 Å². The van der Waals surface area contributed by atoms with E-state index in [1.165, 1.54) is 29.2 Å². The zero-order chi connectivity index (χ0) is 16.7. The van der Waals surface area contributed by atoms with Gasteiger partial charge < -0.3 is 10.2 Å². The number of aromatic nitrogens is 3. The molecular weight excluding hydrogens is 313 g/mol. The van der Waals surface area contributed by atoms with Gasteiger partial charge in [-0.25, -0.2) is 4.39 Å². The minimum absolute atomic E-state index is 0.225. The lowest BCUT2D eigenvalue weighted by molar-refractivity contribution is -0.124. The Morgan fingerprint density at radius 3 is 2.67 bits per heavy atom. The summed E-state index contributed by atoms with van der Waals surface area (Å²) in [4.78, 5) is 25.9. The molecule has 1 unspecified atom stereocenters. The molecule has 0 aliphatic carbocycles. The minimum atomic E-state index is -0.587. The van der Waals surface area contributed by atoms with Gasteiger partial charge in [0.1, 0.15) is 22.9 Å². The predicted molar refractivity (Wildman–Crippen MR) is 83.9 cm³/mol. The maximum absolute atomic E-state index is 12.9. The van der Waals surface area contributed by atoms with Crippen LogP contribution in [0.1, 0.15) is 10.4 Å². The highest BCUT2D eigenvalue weighted by molar-refractivity contribution is 6.08. The van der Waals surface area contributed by atoms with Crippen LogP contribution < -0.4 is 10.2 Å². The molecule has 2 aromatic carbocycles. The SMILES string of the molecule is O=C(NC1CN(c2ccc(F)cc2)C1=O)c1ccc2n[nH]nc2c1. The molecule has 1 saturated heterocycles. The smallest absolute Gasteiger partial charge is 0.252 e. The van der Waals surface area contributed by atoms with Crippen molar-refractivity contribution < 1.29 is 14.0 Å². The van der Waals surface area contributed by atoms with Crippen LogP contribution in [-0.2, 0) is 4.79 Å². The van der Waals surface area contributed by atoms with Gasteiger partial charge in [-0.05, 0) is 42.5 Å². The van der Waals surface area contributed by atoms with E-state index in [1.54, 1.807) is 18.2 Å². The number of aromatic amines is 1. The lowest BCUT2D eigenvalue weighted by Gasteiger charge is -2.38. The number of nitrogens with one attached hydrogen (secondary N) is 2. The summed E-state index contributed by atoms with van der Waals surface area (Å²) in [5.41, 5.74) is 2.25. The second-order valence-electron chi connectivity index (χ2n) is 5.48. The van der Waals surface area contributed by atoms with Crippen LogP contribution in [0.4, 0.5) is 10.1 Å². The van der Waals surface area contributed by atoms with E-state index in [4.69, 9.17) is 0 Å². The normalized spacial score (nSPS) is 17.0. The molecular formula is C16H12FN5O2. The molecule has 1 aromatic heterocycles. The molecule has 2 heterocycles. The summed E-state index contributed by atoms with van der Waals surface area (Å²) in [6.07, 6.45) is 0. The number of nitrogens with zero attached hydrogens (tertiary/aromatic N) is 3. The number of rotatable bonds is 3. The number of anilines is 1. The fourth-order valence-electron chi connectivity index (χ4n) is 2.61. The molecule has 4 rings (SSSR count). The van der Waals surface area contributed by atoms with Crippen LogP contribution in [0.5, 0.6) is 0 Å². The van der Waals surface area contributed by atoms with E-state index in [-0.39, 0.29) is 17.6 Å². The predicted octanol–water partition coefficient (Wildman–Crippen LogP) is 1.24.